The van der Waals surface area contributed by atoms with Gasteiger partial charge in [0.2, 0.25) is 5.91 Å². The predicted molar refractivity (Wildman–Crippen MR) is 92.6 cm³/mol. The van der Waals surface area contributed by atoms with Crippen LogP contribution in [0.2, 0.25) is 0 Å². The van der Waals surface area contributed by atoms with E-state index in [0.717, 1.165) is 30.5 Å². The standard InChI is InChI=1S/C19H18N4O/c24-19(17-7-3-5-13-4-1-2-6-16(13)17)22-15-10-8-14(9-11-15)18-20-12-21-23-18/h1-2,4,6,8-12,17H,3,5,7H2,(H,22,24)(H,20,21,23)/t17-/m0/s1. The highest BCUT2D eigenvalue weighted by molar-refractivity contribution is 5.96. The van der Waals surface area contributed by atoms with Crippen LogP contribution in [-0.2, 0) is 11.2 Å². The van der Waals surface area contributed by atoms with Crippen molar-refractivity contribution in [2.75, 3.05) is 5.32 Å². The number of amides is 1. The number of H-pyrrole nitrogens is 1. The molecule has 0 radical (unpaired) electrons. The molecule has 1 atom stereocenters. The molecule has 24 heavy (non-hydrogen) atoms. The maximum atomic E-state index is 12.7. The zero-order chi connectivity index (χ0) is 16.4. The third-order valence-corrected chi connectivity index (χ3v) is 4.53. The molecule has 1 aliphatic rings. The highest BCUT2D eigenvalue weighted by Crippen LogP contribution is 2.32. The van der Waals surface area contributed by atoms with E-state index in [9.17, 15) is 4.79 Å². The van der Waals surface area contributed by atoms with E-state index in [1.165, 1.54) is 17.5 Å². The van der Waals surface area contributed by atoms with E-state index in [2.05, 4.69) is 32.6 Å². The number of nitrogens with one attached hydrogen (secondary N) is 2. The van der Waals surface area contributed by atoms with Gasteiger partial charge in [0.05, 0.1) is 5.92 Å². The third kappa shape index (κ3) is 2.80. The minimum Gasteiger partial charge on any atom is -0.326 e. The molecule has 0 spiro atoms. The summed E-state index contributed by atoms with van der Waals surface area (Å²) in [5, 5.41) is 9.71. The summed E-state index contributed by atoms with van der Waals surface area (Å²) in [6.07, 6.45) is 4.50. The Morgan fingerprint density at radius 2 is 1.96 bits per heavy atom. The summed E-state index contributed by atoms with van der Waals surface area (Å²) in [7, 11) is 0. The van der Waals surface area contributed by atoms with Crippen LogP contribution in [0.5, 0.6) is 0 Å². The zero-order valence-corrected chi connectivity index (χ0v) is 13.2. The number of carbonyl (C=O) groups excluding carboxylic acids is 1. The first-order valence-electron chi connectivity index (χ1n) is 8.16. The fourth-order valence-corrected chi connectivity index (χ4v) is 3.31. The molecule has 5 heteroatoms. The molecule has 0 unspecified atom stereocenters. The van der Waals surface area contributed by atoms with Crippen LogP contribution in [0.4, 0.5) is 5.69 Å². The Labute approximate surface area is 140 Å². The average Bonchev–Trinajstić information content (AvgIpc) is 3.16. The maximum absolute atomic E-state index is 12.7. The Balaban J connectivity index is 1.51. The minimum atomic E-state index is -0.0658. The van der Waals surface area contributed by atoms with E-state index in [0.29, 0.717) is 5.82 Å². The summed E-state index contributed by atoms with van der Waals surface area (Å²) in [5.74, 6) is 0.715. The van der Waals surface area contributed by atoms with Gasteiger partial charge in [0.15, 0.2) is 5.82 Å². The number of rotatable bonds is 3. The van der Waals surface area contributed by atoms with E-state index < -0.39 is 0 Å². The molecule has 0 saturated heterocycles. The fraction of sp³-hybridized carbons (Fsp3) is 0.211. The van der Waals surface area contributed by atoms with Crippen molar-refractivity contribution in [3.05, 3.63) is 66.0 Å². The molecule has 0 aliphatic heterocycles. The largest absolute Gasteiger partial charge is 0.326 e. The highest BCUT2D eigenvalue weighted by atomic mass is 16.1. The van der Waals surface area contributed by atoms with E-state index >= 15 is 0 Å². The summed E-state index contributed by atoms with van der Waals surface area (Å²) in [4.78, 5) is 16.8. The van der Waals surface area contributed by atoms with Gasteiger partial charge in [-0.2, -0.15) is 5.10 Å². The second kappa shape index (κ2) is 6.28. The summed E-state index contributed by atoms with van der Waals surface area (Å²) in [5.41, 5.74) is 4.20. The van der Waals surface area contributed by atoms with Crippen LogP contribution in [0.1, 0.15) is 29.9 Å². The Morgan fingerprint density at radius 3 is 2.75 bits per heavy atom. The zero-order valence-electron chi connectivity index (χ0n) is 13.2. The smallest absolute Gasteiger partial charge is 0.231 e. The highest BCUT2D eigenvalue weighted by Gasteiger charge is 2.26. The number of aromatic nitrogens is 3. The number of anilines is 1. The molecule has 1 aliphatic carbocycles. The number of nitrogens with zero attached hydrogens (tertiary/aromatic N) is 2. The quantitative estimate of drug-likeness (QED) is 0.776. The Bertz CT molecular complexity index is 840. The molecule has 2 aromatic carbocycles. The lowest BCUT2D eigenvalue weighted by molar-refractivity contribution is -0.117. The molecule has 2 N–H and O–H groups in total. The topological polar surface area (TPSA) is 70.7 Å². The van der Waals surface area contributed by atoms with Crippen molar-refractivity contribution in [1.82, 2.24) is 15.2 Å². The number of aryl methyl sites for hydroxylation is 1. The van der Waals surface area contributed by atoms with Crippen molar-refractivity contribution in [2.24, 2.45) is 0 Å². The first kappa shape index (κ1) is 14.6. The summed E-state index contributed by atoms with van der Waals surface area (Å²) in [6.45, 7) is 0. The normalized spacial score (nSPS) is 16.4. The number of hydrogen-bond acceptors (Lipinski definition) is 3. The Morgan fingerprint density at radius 1 is 1.12 bits per heavy atom. The van der Waals surface area contributed by atoms with E-state index in [-0.39, 0.29) is 11.8 Å². The van der Waals surface area contributed by atoms with Gasteiger partial charge in [-0.1, -0.05) is 24.3 Å². The molecule has 4 rings (SSSR count). The first-order valence-corrected chi connectivity index (χ1v) is 8.16. The van der Waals surface area contributed by atoms with Gasteiger partial charge in [-0.25, -0.2) is 4.98 Å². The fourth-order valence-electron chi connectivity index (χ4n) is 3.31. The SMILES string of the molecule is O=C(Nc1ccc(-c2ncn[nH]2)cc1)[C@H]1CCCc2ccccc21. The number of hydrogen-bond donors (Lipinski definition) is 2. The molecule has 120 valence electrons. The van der Waals surface area contributed by atoms with Gasteiger partial charge in [0.25, 0.3) is 0 Å². The molecule has 1 heterocycles. The molecular formula is C19H18N4O. The third-order valence-electron chi connectivity index (χ3n) is 4.53. The molecular weight excluding hydrogens is 300 g/mol. The number of fused-ring (bicyclic) bond motifs is 1. The van der Waals surface area contributed by atoms with Gasteiger partial charge in [-0.3, -0.25) is 9.89 Å². The predicted octanol–water partition coefficient (Wildman–Crippen LogP) is 3.53. The monoisotopic (exact) mass is 318 g/mol. The van der Waals surface area contributed by atoms with Crippen LogP contribution >= 0.6 is 0 Å². The van der Waals surface area contributed by atoms with Gasteiger partial charge < -0.3 is 5.32 Å². The van der Waals surface area contributed by atoms with Crippen molar-refractivity contribution < 1.29 is 4.79 Å². The van der Waals surface area contributed by atoms with E-state index in [1.807, 2.05) is 36.4 Å². The van der Waals surface area contributed by atoms with Gasteiger partial charge in [-0.15, -0.1) is 0 Å². The van der Waals surface area contributed by atoms with Gasteiger partial charge in [-0.05, 0) is 54.7 Å². The average molecular weight is 318 g/mol. The minimum absolute atomic E-state index is 0.0644. The first-order chi connectivity index (χ1) is 11.8. The Hall–Kier alpha value is -2.95. The molecule has 0 bridgehead atoms. The van der Waals surface area contributed by atoms with Crippen molar-refractivity contribution in [3.8, 4) is 11.4 Å². The lowest BCUT2D eigenvalue weighted by atomic mass is 9.82. The van der Waals surface area contributed by atoms with Crippen LogP contribution in [0.25, 0.3) is 11.4 Å². The molecule has 5 nitrogen and oxygen atoms in total. The lowest BCUT2D eigenvalue weighted by Crippen LogP contribution is -2.24. The van der Waals surface area contributed by atoms with Crippen molar-refractivity contribution in [3.63, 3.8) is 0 Å². The molecule has 1 aromatic heterocycles. The number of benzene rings is 2. The van der Waals surface area contributed by atoms with Gasteiger partial charge >= 0.3 is 0 Å². The second-order valence-electron chi connectivity index (χ2n) is 6.04. The Kier molecular flexibility index (Phi) is 3.83. The molecule has 0 saturated carbocycles. The molecule has 1 amide bonds. The summed E-state index contributed by atoms with van der Waals surface area (Å²) in [6, 6.07) is 15.9. The van der Waals surface area contributed by atoms with Crippen LogP contribution in [-0.4, -0.2) is 21.1 Å². The van der Waals surface area contributed by atoms with Crippen LogP contribution in [0.15, 0.2) is 54.9 Å². The van der Waals surface area contributed by atoms with E-state index in [1.54, 1.807) is 0 Å². The molecule has 0 fully saturated rings. The number of carbonyl (C=O) groups is 1. The summed E-state index contributed by atoms with van der Waals surface area (Å²) < 4.78 is 0. The van der Waals surface area contributed by atoms with Crippen molar-refractivity contribution >= 4 is 11.6 Å². The van der Waals surface area contributed by atoms with Crippen molar-refractivity contribution in [1.29, 1.82) is 0 Å². The van der Waals surface area contributed by atoms with Crippen molar-refractivity contribution in [2.45, 2.75) is 25.2 Å². The van der Waals surface area contributed by atoms with Crippen LogP contribution < -0.4 is 5.32 Å². The van der Waals surface area contributed by atoms with Crippen LogP contribution in [0.3, 0.4) is 0 Å². The maximum Gasteiger partial charge on any atom is 0.231 e. The molecule has 3 aromatic rings. The van der Waals surface area contributed by atoms with E-state index in [4.69, 9.17) is 0 Å². The van der Waals surface area contributed by atoms with Gasteiger partial charge in [0, 0.05) is 11.3 Å². The number of aromatic amines is 1. The summed E-state index contributed by atoms with van der Waals surface area (Å²) >= 11 is 0. The second-order valence-corrected chi connectivity index (χ2v) is 6.04. The van der Waals surface area contributed by atoms with Gasteiger partial charge in [0.1, 0.15) is 6.33 Å². The lowest BCUT2D eigenvalue weighted by Gasteiger charge is -2.24. The van der Waals surface area contributed by atoms with Crippen LogP contribution in [0, 0.1) is 0 Å².